The van der Waals surface area contributed by atoms with E-state index in [9.17, 15) is 9.59 Å². The molecule has 0 aliphatic rings. The Kier molecular flexibility index (Phi) is 5.07. The van der Waals surface area contributed by atoms with Gasteiger partial charge in [0.25, 0.3) is 0 Å². The van der Waals surface area contributed by atoms with Gasteiger partial charge in [0.05, 0.1) is 5.69 Å². The molecule has 134 valence electrons. The summed E-state index contributed by atoms with van der Waals surface area (Å²) < 4.78 is 10.8. The van der Waals surface area contributed by atoms with Gasteiger partial charge in [-0.1, -0.05) is 36.4 Å². The summed E-state index contributed by atoms with van der Waals surface area (Å²) in [6.45, 7) is 10.5. The lowest BCUT2D eigenvalue weighted by Crippen LogP contribution is -2.43. The van der Waals surface area contributed by atoms with Crippen molar-refractivity contribution in [2.45, 2.75) is 52.7 Å². The predicted molar refractivity (Wildman–Crippen MR) is 98.9 cm³/mol. The van der Waals surface area contributed by atoms with E-state index in [0.29, 0.717) is 5.69 Å². The molecule has 0 fully saturated rings. The number of fused-ring (bicyclic) bond motifs is 1. The molecule has 2 amide bonds. The summed E-state index contributed by atoms with van der Waals surface area (Å²) in [5.74, 6) is 0. The Labute approximate surface area is 148 Å². The number of rotatable bonds is 1. The lowest BCUT2D eigenvalue weighted by atomic mass is 10.1. The second-order valence-corrected chi connectivity index (χ2v) is 7.79. The molecule has 0 spiro atoms. The van der Waals surface area contributed by atoms with E-state index in [1.807, 2.05) is 30.3 Å². The van der Waals surface area contributed by atoms with Crippen LogP contribution in [-0.4, -0.2) is 23.4 Å². The Morgan fingerprint density at radius 3 is 1.76 bits per heavy atom. The van der Waals surface area contributed by atoms with Crippen LogP contribution in [0.3, 0.4) is 0 Å². The zero-order valence-corrected chi connectivity index (χ0v) is 15.6. The molecule has 0 aromatic heterocycles. The number of nitrogens with zero attached hydrogens (tertiary/aromatic N) is 1. The molecule has 0 unspecified atom stereocenters. The van der Waals surface area contributed by atoms with E-state index in [0.717, 1.165) is 15.7 Å². The van der Waals surface area contributed by atoms with Crippen molar-refractivity contribution in [3.05, 3.63) is 42.5 Å². The number of carbonyl (C=O) groups is 2. The van der Waals surface area contributed by atoms with E-state index >= 15 is 0 Å². The second kappa shape index (κ2) is 6.75. The van der Waals surface area contributed by atoms with Gasteiger partial charge in [-0.2, -0.15) is 4.90 Å². The van der Waals surface area contributed by atoms with Crippen molar-refractivity contribution in [1.29, 1.82) is 0 Å². The van der Waals surface area contributed by atoms with Crippen molar-refractivity contribution in [3.63, 3.8) is 0 Å². The van der Waals surface area contributed by atoms with Crippen LogP contribution in [0.4, 0.5) is 15.3 Å². The molecule has 0 saturated carbocycles. The predicted octanol–water partition coefficient (Wildman–Crippen LogP) is 5.52. The lowest BCUT2D eigenvalue weighted by molar-refractivity contribution is 0.0431. The Bertz CT molecular complexity index is 751. The smallest absolute Gasteiger partial charge is 0.424 e. The number of benzene rings is 2. The van der Waals surface area contributed by atoms with Crippen LogP contribution in [0.15, 0.2) is 42.5 Å². The fourth-order valence-electron chi connectivity index (χ4n) is 2.29. The highest BCUT2D eigenvalue weighted by Crippen LogP contribution is 2.29. The Balaban J connectivity index is 2.53. The fraction of sp³-hybridized carbons (Fsp3) is 0.400. The average Bonchev–Trinajstić information content (AvgIpc) is 2.44. The minimum Gasteiger partial charge on any atom is -0.443 e. The summed E-state index contributed by atoms with van der Waals surface area (Å²) in [5, 5.41) is 1.68. The summed E-state index contributed by atoms with van der Waals surface area (Å²) in [6.07, 6.45) is -1.53. The highest BCUT2D eigenvalue weighted by molar-refractivity contribution is 6.14. The fourth-order valence-corrected chi connectivity index (χ4v) is 2.29. The highest BCUT2D eigenvalue weighted by Gasteiger charge is 2.33. The minimum absolute atomic E-state index is 0.432. The molecule has 25 heavy (non-hydrogen) atoms. The lowest BCUT2D eigenvalue weighted by Gasteiger charge is -2.29. The van der Waals surface area contributed by atoms with Crippen LogP contribution >= 0.6 is 0 Å². The van der Waals surface area contributed by atoms with Crippen molar-refractivity contribution in [3.8, 4) is 0 Å². The van der Waals surface area contributed by atoms with Crippen LogP contribution in [0.25, 0.3) is 10.8 Å². The third-order valence-electron chi connectivity index (χ3n) is 3.16. The number of carbonyl (C=O) groups excluding carboxylic acids is 2. The monoisotopic (exact) mass is 343 g/mol. The maximum absolute atomic E-state index is 12.7. The molecule has 2 rings (SSSR count). The topological polar surface area (TPSA) is 55.8 Å². The normalized spacial score (nSPS) is 11.9. The third kappa shape index (κ3) is 4.95. The summed E-state index contributed by atoms with van der Waals surface area (Å²) >= 11 is 0. The SMILES string of the molecule is CC(C)(C)OC(=O)N(C(=O)OC(C)(C)C)c1cccc2ccccc12. The van der Waals surface area contributed by atoms with Gasteiger partial charge in [0.2, 0.25) is 0 Å². The Hall–Kier alpha value is -2.56. The minimum atomic E-state index is -0.766. The van der Waals surface area contributed by atoms with Gasteiger partial charge in [-0.3, -0.25) is 0 Å². The average molecular weight is 343 g/mol. The van der Waals surface area contributed by atoms with E-state index in [1.54, 1.807) is 53.7 Å². The van der Waals surface area contributed by atoms with Crippen LogP contribution in [0.1, 0.15) is 41.5 Å². The second-order valence-electron chi connectivity index (χ2n) is 7.79. The molecule has 2 aromatic carbocycles. The molecule has 5 heteroatoms. The molecule has 0 bridgehead atoms. The summed E-state index contributed by atoms with van der Waals surface area (Å²) in [7, 11) is 0. The van der Waals surface area contributed by atoms with Crippen LogP contribution in [-0.2, 0) is 9.47 Å². The summed E-state index contributed by atoms with van der Waals surface area (Å²) in [4.78, 5) is 26.4. The van der Waals surface area contributed by atoms with Crippen molar-refractivity contribution in [2.24, 2.45) is 0 Å². The number of ether oxygens (including phenoxy) is 2. The Morgan fingerprint density at radius 1 is 0.760 bits per heavy atom. The highest BCUT2D eigenvalue weighted by atomic mass is 16.6. The molecule has 0 saturated heterocycles. The van der Waals surface area contributed by atoms with Crippen molar-refractivity contribution >= 4 is 28.6 Å². The van der Waals surface area contributed by atoms with Crippen LogP contribution in [0.5, 0.6) is 0 Å². The maximum atomic E-state index is 12.7. The van der Waals surface area contributed by atoms with Gasteiger partial charge in [0.15, 0.2) is 0 Å². The summed E-state index contributed by atoms with van der Waals surface area (Å²) in [6, 6.07) is 12.9. The molecule has 0 aliphatic carbocycles. The van der Waals surface area contributed by atoms with E-state index in [1.165, 1.54) is 0 Å². The van der Waals surface area contributed by atoms with Crippen LogP contribution in [0.2, 0.25) is 0 Å². The molecule has 5 nitrogen and oxygen atoms in total. The van der Waals surface area contributed by atoms with Gasteiger partial charge >= 0.3 is 12.2 Å². The molecular weight excluding hydrogens is 318 g/mol. The largest absolute Gasteiger partial charge is 0.443 e. The first-order chi connectivity index (χ1) is 11.5. The van der Waals surface area contributed by atoms with Gasteiger partial charge < -0.3 is 9.47 Å². The molecule has 0 N–H and O–H groups in total. The first-order valence-corrected chi connectivity index (χ1v) is 8.22. The van der Waals surface area contributed by atoms with Gasteiger partial charge in [0, 0.05) is 5.39 Å². The van der Waals surface area contributed by atoms with Crippen LogP contribution < -0.4 is 4.90 Å². The van der Waals surface area contributed by atoms with E-state index in [-0.39, 0.29) is 0 Å². The molecule has 0 radical (unpaired) electrons. The Morgan fingerprint density at radius 2 is 1.24 bits per heavy atom. The first kappa shape index (κ1) is 18.8. The van der Waals surface area contributed by atoms with E-state index < -0.39 is 23.4 Å². The molecular formula is C20H25NO4. The maximum Gasteiger partial charge on any atom is 0.424 e. The molecule has 0 aliphatic heterocycles. The quantitative estimate of drug-likeness (QED) is 0.684. The molecule has 0 atom stereocenters. The number of anilines is 1. The molecule has 0 heterocycles. The van der Waals surface area contributed by atoms with Gasteiger partial charge in [-0.15, -0.1) is 0 Å². The number of hydrogen-bond donors (Lipinski definition) is 0. The van der Waals surface area contributed by atoms with Crippen molar-refractivity contribution in [2.75, 3.05) is 4.90 Å². The van der Waals surface area contributed by atoms with Gasteiger partial charge in [-0.05, 0) is 53.0 Å². The number of imide groups is 1. The zero-order chi connectivity index (χ0) is 18.8. The zero-order valence-electron chi connectivity index (χ0n) is 15.6. The van der Waals surface area contributed by atoms with Gasteiger partial charge in [-0.25, -0.2) is 9.59 Å². The summed E-state index contributed by atoms with van der Waals surface area (Å²) in [5.41, 5.74) is -1.04. The van der Waals surface area contributed by atoms with Gasteiger partial charge in [0.1, 0.15) is 11.2 Å². The van der Waals surface area contributed by atoms with Crippen molar-refractivity contribution < 1.29 is 19.1 Å². The van der Waals surface area contributed by atoms with E-state index in [2.05, 4.69) is 0 Å². The number of amides is 2. The molecule has 2 aromatic rings. The first-order valence-electron chi connectivity index (χ1n) is 8.22. The third-order valence-corrected chi connectivity index (χ3v) is 3.16. The standard InChI is InChI=1S/C20H25NO4/c1-19(2,3)24-17(22)21(18(23)25-20(4,5)6)16-13-9-11-14-10-7-8-12-15(14)16/h7-13H,1-6H3. The number of hydrogen-bond acceptors (Lipinski definition) is 4. The van der Waals surface area contributed by atoms with Crippen LogP contribution in [0, 0.1) is 0 Å². The van der Waals surface area contributed by atoms with Crippen molar-refractivity contribution in [1.82, 2.24) is 0 Å². The van der Waals surface area contributed by atoms with E-state index in [4.69, 9.17) is 9.47 Å².